The van der Waals surface area contributed by atoms with Crippen molar-refractivity contribution >= 4 is 23.3 Å². The molecule has 0 bridgehead atoms. The lowest BCUT2D eigenvalue weighted by atomic mass is 10.0. The molecule has 1 atom stereocenters. The van der Waals surface area contributed by atoms with Gasteiger partial charge in [-0.25, -0.2) is 4.79 Å². The Morgan fingerprint density at radius 1 is 1.43 bits per heavy atom. The molecule has 0 saturated heterocycles. The Kier molecular flexibility index (Phi) is 7.15. The fourth-order valence-electron chi connectivity index (χ4n) is 2.00. The number of rotatable bonds is 8. The molecule has 6 heteroatoms. The number of benzene rings is 1. The lowest BCUT2D eigenvalue weighted by Gasteiger charge is -2.14. The van der Waals surface area contributed by atoms with E-state index in [-0.39, 0.29) is 28.8 Å². The van der Waals surface area contributed by atoms with Crippen molar-refractivity contribution in [2.75, 3.05) is 6.61 Å². The molecule has 1 unspecified atom stereocenters. The third-order valence-electron chi connectivity index (χ3n) is 3.37. The lowest BCUT2D eigenvalue weighted by Crippen LogP contribution is -2.15. The molecule has 0 fully saturated rings. The average Bonchev–Trinajstić information content (AvgIpc) is 2.46. The van der Waals surface area contributed by atoms with Crippen LogP contribution in [0.2, 0.25) is 5.02 Å². The highest BCUT2D eigenvalue weighted by Gasteiger charge is 2.22. The van der Waals surface area contributed by atoms with Crippen LogP contribution in [0.3, 0.4) is 0 Å². The summed E-state index contributed by atoms with van der Waals surface area (Å²) in [5.41, 5.74) is -0.385. The number of unbranched alkanes of at least 4 members (excludes halogenated alkanes) is 1. The van der Waals surface area contributed by atoms with Gasteiger partial charge < -0.3 is 4.74 Å². The van der Waals surface area contributed by atoms with Gasteiger partial charge in [-0.05, 0) is 24.5 Å². The molecule has 5 nitrogen and oxygen atoms in total. The molecular formula is C15H20ClNO4. The van der Waals surface area contributed by atoms with Crippen molar-refractivity contribution in [3.8, 4) is 0 Å². The smallest absolute Gasteiger partial charge is 0.345 e. The Hall–Kier alpha value is -1.62. The normalized spacial score (nSPS) is 12.0. The second-order valence-electron chi connectivity index (χ2n) is 4.93. The Labute approximate surface area is 129 Å². The van der Waals surface area contributed by atoms with E-state index in [0.717, 1.165) is 25.7 Å². The summed E-state index contributed by atoms with van der Waals surface area (Å²) in [7, 11) is 0. The third kappa shape index (κ3) is 5.34. The molecule has 0 saturated carbocycles. The summed E-state index contributed by atoms with van der Waals surface area (Å²) in [5, 5.41) is 11.2. The van der Waals surface area contributed by atoms with Crippen molar-refractivity contribution < 1.29 is 14.5 Å². The maximum atomic E-state index is 12.0. The summed E-state index contributed by atoms with van der Waals surface area (Å²) in [4.78, 5) is 22.3. The molecule has 0 N–H and O–H groups in total. The van der Waals surface area contributed by atoms with E-state index in [1.54, 1.807) is 0 Å². The van der Waals surface area contributed by atoms with Gasteiger partial charge in [0, 0.05) is 11.1 Å². The predicted molar refractivity (Wildman–Crippen MR) is 81.7 cm³/mol. The van der Waals surface area contributed by atoms with E-state index in [0.29, 0.717) is 0 Å². The molecule has 0 amide bonds. The van der Waals surface area contributed by atoms with Gasteiger partial charge in [-0.3, -0.25) is 10.1 Å². The number of hydrogen-bond acceptors (Lipinski definition) is 4. The summed E-state index contributed by atoms with van der Waals surface area (Å²) < 4.78 is 5.22. The van der Waals surface area contributed by atoms with E-state index < -0.39 is 10.9 Å². The Bertz CT molecular complexity index is 504. The first kappa shape index (κ1) is 17.4. The van der Waals surface area contributed by atoms with Crippen LogP contribution in [-0.2, 0) is 4.74 Å². The third-order valence-corrected chi connectivity index (χ3v) is 3.60. The maximum Gasteiger partial charge on any atom is 0.345 e. The predicted octanol–water partition coefficient (Wildman–Crippen LogP) is 4.62. The second kappa shape index (κ2) is 8.62. The fraction of sp³-hybridized carbons (Fsp3) is 0.533. The van der Waals surface area contributed by atoms with Crippen molar-refractivity contribution in [3.63, 3.8) is 0 Å². The number of halogens is 1. The van der Waals surface area contributed by atoms with Crippen LogP contribution in [0.5, 0.6) is 0 Å². The number of ether oxygens (including phenoxy) is 1. The zero-order chi connectivity index (χ0) is 15.8. The Morgan fingerprint density at radius 3 is 2.71 bits per heavy atom. The first-order valence-electron chi connectivity index (χ1n) is 7.10. The molecule has 21 heavy (non-hydrogen) atoms. The summed E-state index contributed by atoms with van der Waals surface area (Å²) in [6, 6.07) is 3.87. The van der Waals surface area contributed by atoms with Crippen molar-refractivity contribution in [1.82, 2.24) is 0 Å². The van der Waals surface area contributed by atoms with Crippen LogP contribution in [0.15, 0.2) is 18.2 Å². The van der Waals surface area contributed by atoms with Crippen LogP contribution >= 0.6 is 11.6 Å². The monoisotopic (exact) mass is 313 g/mol. The van der Waals surface area contributed by atoms with Crippen LogP contribution in [0.25, 0.3) is 0 Å². The van der Waals surface area contributed by atoms with Crippen LogP contribution in [0.4, 0.5) is 5.69 Å². The van der Waals surface area contributed by atoms with Crippen LogP contribution in [-0.4, -0.2) is 17.5 Å². The SMILES string of the molecule is CCCCC(CC)COC(=O)c1cc(Cl)ccc1[N+](=O)[O-]. The average molecular weight is 314 g/mol. The van der Waals surface area contributed by atoms with Crippen LogP contribution in [0, 0.1) is 16.0 Å². The molecule has 0 heterocycles. The summed E-state index contributed by atoms with van der Waals surface area (Å²) in [6.45, 7) is 4.42. The minimum Gasteiger partial charge on any atom is -0.462 e. The van der Waals surface area contributed by atoms with Gasteiger partial charge in [-0.1, -0.05) is 44.7 Å². The van der Waals surface area contributed by atoms with Crippen molar-refractivity contribution in [3.05, 3.63) is 38.9 Å². The minimum absolute atomic E-state index is 0.0992. The van der Waals surface area contributed by atoms with E-state index in [9.17, 15) is 14.9 Å². The Morgan fingerprint density at radius 2 is 2.14 bits per heavy atom. The van der Waals surface area contributed by atoms with Gasteiger partial charge in [0.15, 0.2) is 0 Å². The largest absolute Gasteiger partial charge is 0.462 e. The number of nitro benzene ring substituents is 1. The first-order valence-corrected chi connectivity index (χ1v) is 7.48. The number of hydrogen-bond donors (Lipinski definition) is 0. The number of carbonyl (C=O) groups is 1. The topological polar surface area (TPSA) is 69.4 Å². The molecule has 0 aromatic heterocycles. The van der Waals surface area contributed by atoms with E-state index in [4.69, 9.17) is 16.3 Å². The molecule has 0 spiro atoms. The van der Waals surface area contributed by atoms with Gasteiger partial charge in [0.1, 0.15) is 5.56 Å². The van der Waals surface area contributed by atoms with Crippen molar-refractivity contribution in [2.24, 2.45) is 5.92 Å². The molecule has 1 aromatic carbocycles. The molecule has 1 aromatic rings. The number of carbonyl (C=O) groups excluding carboxylic acids is 1. The number of esters is 1. The second-order valence-corrected chi connectivity index (χ2v) is 5.37. The zero-order valence-corrected chi connectivity index (χ0v) is 13.1. The molecule has 0 aliphatic carbocycles. The molecule has 1 rings (SSSR count). The summed E-state index contributed by atoms with van der Waals surface area (Å²) in [6.07, 6.45) is 4.06. The lowest BCUT2D eigenvalue weighted by molar-refractivity contribution is -0.385. The first-order chi connectivity index (χ1) is 9.99. The number of nitrogens with zero attached hydrogens (tertiary/aromatic N) is 1. The van der Waals surface area contributed by atoms with Gasteiger partial charge in [0.05, 0.1) is 11.5 Å². The highest BCUT2D eigenvalue weighted by Crippen LogP contribution is 2.24. The van der Waals surface area contributed by atoms with E-state index in [2.05, 4.69) is 6.92 Å². The molecular weight excluding hydrogens is 294 g/mol. The van der Waals surface area contributed by atoms with Crippen molar-refractivity contribution in [1.29, 1.82) is 0 Å². The van der Waals surface area contributed by atoms with Crippen LogP contribution in [0.1, 0.15) is 49.9 Å². The zero-order valence-electron chi connectivity index (χ0n) is 12.3. The highest BCUT2D eigenvalue weighted by molar-refractivity contribution is 6.31. The standard InChI is InChI=1S/C15H20ClNO4/c1-3-5-6-11(4-2)10-21-15(18)13-9-12(16)7-8-14(13)17(19)20/h7-9,11H,3-6,10H2,1-2H3. The van der Waals surface area contributed by atoms with Gasteiger partial charge in [0.2, 0.25) is 0 Å². The van der Waals surface area contributed by atoms with E-state index in [1.165, 1.54) is 18.2 Å². The van der Waals surface area contributed by atoms with Gasteiger partial charge in [0.25, 0.3) is 5.69 Å². The highest BCUT2D eigenvalue weighted by atomic mass is 35.5. The molecule has 0 radical (unpaired) electrons. The van der Waals surface area contributed by atoms with Crippen molar-refractivity contribution in [2.45, 2.75) is 39.5 Å². The summed E-state index contributed by atoms with van der Waals surface area (Å²) >= 11 is 5.79. The number of nitro groups is 1. The van der Waals surface area contributed by atoms with Gasteiger partial charge in [-0.2, -0.15) is 0 Å². The Balaban J connectivity index is 2.75. The summed E-state index contributed by atoms with van der Waals surface area (Å²) in [5.74, 6) is -0.411. The van der Waals surface area contributed by atoms with Gasteiger partial charge >= 0.3 is 5.97 Å². The molecule has 0 aliphatic rings. The van der Waals surface area contributed by atoms with Crippen LogP contribution < -0.4 is 0 Å². The fourth-order valence-corrected chi connectivity index (χ4v) is 2.17. The quantitative estimate of drug-likeness (QED) is 0.399. The maximum absolute atomic E-state index is 12.0. The van der Waals surface area contributed by atoms with Gasteiger partial charge in [-0.15, -0.1) is 0 Å². The van der Waals surface area contributed by atoms with E-state index >= 15 is 0 Å². The minimum atomic E-state index is -0.695. The van der Waals surface area contributed by atoms with E-state index in [1.807, 2.05) is 6.92 Å². The molecule has 116 valence electrons. The molecule has 0 aliphatic heterocycles.